The van der Waals surface area contributed by atoms with Crippen LogP contribution in [0.1, 0.15) is 65.1 Å². The number of benzene rings is 1. The summed E-state index contributed by atoms with van der Waals surface area (Å²) >= 11 is 0. The Morgan fingerprint density at radius 2 is 1.95 bits per heavy atom. The second-order valence-corrected chi connectivity index (χ2v) is 13.0. The number of allylic oxidation sites excluding steroid dienone is 1. The van der Waals surface area contributed by atoms with Gasteiger partial charge < -0.3 is 4.74 Å². The molecule has 2 heterocycles. The number of sulfonamides is 1. The lowest BCUT2D eigenvalue weighted by Gasteiger charge is -2.38. The zero-order chi connectivity index (χ0) is 27.0. The maximum atomic E-state index is 13.5. The number of hydrogen-bond donors (Lipinski definition) is 0. The molecule has 1 aromatic carbocycles. The van der Waals surface area contributed by atoms with Crippen molar-refractivity contribution in [2.75, 3.05) is 0 Å². The summed E-state index contributed by atoms with van der Waals surface area (Å²) in [6.45, 7) is 9.17. The van der Waals surface area contributed by atoms with Gasteiger partial charge in [0, 0.05) is 23.2 Å². The third-order valence-electron chi connectivity index (χ3n) is 7.56. The fourth-order valence-corrected chi connectivity index (χ4v) is 8.26. The maximum Gasteiger partial charge on any atom is 0.424 e. The lowest BCUT2D eigenvalue weighted by Crippen LogP contribution is -2.43. The molecule has 0 unspecified atom stereocenters. The van der Waals surface area contributed by atoms with Crippen LogP contribution >= 0.6 is 0 Å². The van der Waals surface area contributed by atoms with E-state index >= 15 is 0 Å². The summed E-state index contributed by atoms with van der Waals surface area (Å²) in [5.74, 6) is 0.0894. The molecule has 2 fully saturated rings. The Bertz CT molecular complexity index is 1320. The molecule has 0 N–H and O–H groups in total. The van der Waals surface area contributed by atoms with Crippen LogP contribution in [0.2, 0.25) is 0 Å². The van der Waals surface area contributed by atoms with Crippen LogP contribution in [0.5, 0.6) is 0 Å². The largest absolute Gasteiger partial charge is 0.443 e. The smallest absolute Gasteiger partial charge is 0.424 e. The van der Waals surface area contributed by atoms with Gasteiger partial charge in [-0.25, -0.2) is 17.5 Å². The first-order chi connectivity index (χ1) is 17.5. The highest BCUT2D eigenvalue weighted by Crippen LogP contribution is 2.49. The van der Waals surface area contributed by atoms with Crippen molar-refractivity contribution < 1.29 is 17.9 Å². The highest BCUT2D eigenvalue weighted by atomic mass is 32.2. The van der Waals surface area contributed by atoms with E-state index in [1.165, 1.54) is 0 Å². The summed E-state index contributed by atoms with van der Waals surface area (Å²) in [6, 6.07) is 13.0. The van der Waals surface area contributed by atoms with E-state index < -0.39 is 33.0 Å². The molecule has 1 saturated carbocycles. The van der Waals surface area contributed by atoms with Gasteiger partial charge in [0.1, 0.15) is 5.60 Å². The van der Waals surface area contributed by atoms with E-state index in [4.69, 9.17) is 4.74 Å². The Hall–Kier alpha value is -3.18. The van der Waals surface area contributed by atoms with Crippen molar-refractivity contribution in [1.82, 2.24) is 9.29 Å². The standard InChI is InChI=1S/C29H35N3O4S/c1-6-20-12-16-26-27(19(2)32(37(26,34)35)28(33)36-29(3,4)5)25(20)15-14-23-13-11-22(18-31-23)24-10-8-7-9-21(24)17-30/h7-11,13-15,18-20,25-27H,6,12,16H2,1-5H3/t19-,20-,25+,26-,27+/m1/s1. The molecule has 7 nitrogen and oxygen atoms in total. The van der Waals surface area contributed by atoms with Gasteiger partial charge in [0.25, 0.3) is 0 Å². The summed E-state index contributed by atoms with van der Waals surface area (Å²) in [5.41, 5.74) is 2.27. The average Bonchev–Trinajstić information content (AvgIpc) is 3.06. The zero-order valence-electron chi connectivity index (χ0n) is 22.1. The van der Waals surface area contributed by atoms with Gasteiger partial charge in [-0.15, -0.1) is 0 Å². The van der Waals surface area contributed by atoms with Crippen molar-refractivity contribution in [3.63, 3.8) is 0 Å². The van der Waals surface area contributed by atoms with Crippen LogP contribution in [0.15, 0.2) is 48.7 Å². The van der Waals surface area contributed by atoms with Crippen LogP contribution < -0.4 is 0 Å². The van der Waals surface area contributed by atoms with Gasteiger partial charge in [0.05, 0.1) is 28.6 Å². The maximum absolute atomic E-state index is 13.5. The van der Waals surface area contributed by atoms with Gasteiger partial charge in [-0.3, -0.25) is 4.98 Å². The third-order valence-corrected chi connectivity index (χ3v) is 9.90. The molecule has 5 atom stereocenters. The van der Waals surface area contributed by atoms with E-state index in [1.807, 2.05) is 43.3 Å². The second-order valence-electron chi connectivity index (χ2n) is 11.0. The van der Waals surface area contributed by atoms with Gasteiger partial charge in [0.2, 0.25) is 10.0 Å². The molecule has 8 heteroatoms. The van der Waals surface area contributed by atoms with Crippen LogP contribution in [-0.4, -0.2) is 40.7 Å². The number of pyridine rings is 1. The monoisotopic (exact) mass is 521 g/mol. The van der Waals surface area contributed by atoms with Crippen molar-refractivity contribution in [2.45, 2.75) is 70.8 Å². The van der Waals surface area contributed by atoms with Crippen LogP contribution in [-0.2, 0) is 14.8 Å². The number of fused-ring (bicyclic) bond motifs is 1. The lowest BCUT2D eigenvalue weighted by molar-refractivity contribution is 0.0312. The molecular weight excluding hydrogens is 486 g/mol. The fraction of sp³-hybridized carbons (Fsp3) is 0.483. The number of carbonyl (C=O) groups excluding carboxylic acids is 1. The Morgan fingerprint density at radius 3 is 2.57 bits per heavy atom. The lowest BCUT2D eigenvalue weighted by atomic mass is 9.68. The van der Waals surface area contributed by atoms with Crippen LogP contribution in [0.3, 0.4) is 0 Å². The number of hydrogen-bond acceptors (Lipinski definition) is 6. The first-order valence-electron chi connectivity index (χ1n) is 12.9. The van der Waals surface area contributed by atoms with Crippen molar-refractivity contribution in [3.8, 4) is 17.2 Å². The Labute approximate surface area is 220 Å². The highest BCUT2D eigenvalue weighted by molar-refractivity contribution is 7.90. The molecule has 37 heavy (non-hydrogen) atoms. The van der Waals surface area contributed by atoms with Crippen LogP contribution in [0, 0.1) is 29.1 Å². The Balaban J connectivity index is 1.61. The van der Waals surface area contributed by atoms with Gasteiger partial charge in [0.15, 0.2) is 0 Å². The first-order valence-corrected chi connectivity index (χ1v) is 14.4. The van der Waals surface area contributed by atoms with Gasteiger partial charge in [-0.1, -0.05) is 43.7 Å². The average molecular weight is 522 g/mol. The number of nitrogens with zero attached hydrogens (tertiary/aromatic N) is 3. The molecule has 0 spiro atoms. The summed E-state index contributed by atoms with van der Waals surface area (Å²) in [7, 11) is -3.82. The van der Waals surface area contributed by atoms with Gasteiger partial charge in [-0.05, 0) is 70.6 Å². The second kappa shape index (κ2) is 10.3. The molecule has 2 aliphatic rings. The molecule has 2 aromatic rings. The van der Waals surface area contributed by atoms with Gasteiger partial charge >= 0.3 is 6.09 Å². The highest BCUT2D eigenvalue weighted by Gasteiger charge is 2.58. The van der Waals surface area contributed by atoms with E-state index in [9.17, 15) is 18.5 Å². The number of nitriles is 1. The van der Waals surface area contributed by atoms with Crippen molar-refractivity contribution >= 4 is 22.2 Å². The SMILES string of the molecule is CC[C@@H]1CC[C@@H]2[C@H]([C@H]1C=Cc1ccc(-c3ccccc3C#N)cn1)[C@@H](C)N(C(=O)OC(C)(C)C)S2(=O)=O. The molecule has 1 amide bonds. The summed E-state index contributed by atoms with van der Waals surface area (Å²) in [6.07, 6.45) is 7.26. The molecule has 4 rings (SSSR count). The van der Waals surface area contributed by atoms with Crippen LogP contribution in [0.4, 0.5) is 4.79 Å². The molecule has 0 radical (unpaired) electrons. The number of ether oxygens (including phenoxy) is 1. The van der Waals surface area contributed by atoms with E-state index in [0.717, 1.165) is 34.0 Å². The molecular formula is C29H35N3O4S. The fourth-order valence-electron chi connectivity index (χ4n) is 5.88. The van der Waals surface area contributed by atoms with Crippen LogP contribution in [0.25, 0.3) is 17.2 Å². The summed E-state index contributed by atoms with van der Waals surface area (Å²) in [4.78, 5) is 17.5. The zero-order valence-corrected chi connectivity index (χ0v) is 22.9. The number of aromatic nitrogens is 1. The topological polar surface area (TPSA) is 100 Å². The number of carbonyl (C=O) groups is 1. The minimum Gasteiger partial charge on any atom is -0.443 e. The quantitative estimate of drug-likeness (QED) is 0.487. The van der Waals surface area contributed by atoms with Gasteiger partial charge in [-0.2, -0.15) is 5.26 Å². The summed E-state index contributed by atoms with van der Waals surface area (Å²) in [5, 5.41) is 8.79. The minimum absolute atomic E-state index is 0.0123. The predicted octanol–water partition coefficient (Wildman–Crippen LogP) is 6.02. The third kappa shape index (κ3) is 5.28. The molecule has 0 bridgehead atoms. The molecule has 1 saturated heterocycles. The Kier molecular flexibility index (Phi) is 7.48. The van der Waals surface area contributed by atoms with Crippen molar-refractivity contribution in [2.24, 2.45) is 17.8 Å². The number of amides is 1. The van der Waals surface area contributed by atoms with E-state index in [1.54, 1.807) is 33.0 Å². The number of rotatable bonds is 4. The first kappa shape index (κ1) is 26.9. The molecule has 196 valence electrons. The molecule has 1 aliphatic carbocycles. The molecule has 1 aliphatic heterocycles. The Morgan fingerprint density at radius 1 is 1.22 bits per heavy atom. The summed E-state index contributed by atoms with van der Waals surface area (Å²) < 4.78 is 33.4. The molecule has 1 aromatic heterocycles. The van der Waals surface area contributed by atoms with E-state index in [-0.39, 0.29) is 11.8 Å². The van der Waals surface area contributed by atoms with Crippen molar-refractivity contribution in [1.29, 1.82) is 5.26 Å². The van der Waals surface area contributed by atoms with Crippen molar-refractivity contribution in [3.05, 3.63) is 59.9 Å². The minimum atomic E-state index is -3.82. The normalized spacial score (nSPS) is 27.0. The van der Waals surface area contributed by atoms with E-state index in [0.29, 0.717) is 17.9 Å². The predicted molar refractivity (Wildman–Crippen MR) is 144 cm³/mol. The van der Waals surface area contributed by atoms with E-state index in [2.05, 4.69) is 24.1 Å².